The van der Waals surface area contributed by atoms with Crippen LogP contribution in [0.25, 0.3) is 0 Å². The van der Waals surface area contributed by atoms with E-state index in [1.54, 1.807) is 0 Å². The summed E-state index contributed by atoms with van der Waals surface area (Å²) in [7, 11) is 0. The normalized spacial score (nSPS) is 31.9. The highest BCUT2D eigenvalue weighted by Crippen LogP contribution is 2.32. The second-order valence-corrected chi connectivity index (χ2v) is 5.27. The van der Waals surface area contributed by atoms with Crippen molar-refractivity contribution in [1.82, 2.24) is 9.69 Å². The molecular weight excluding hydrogens is 228 g/mol. The van der Waals surface area contributed by atoms with E-state index in [4.69, 9.17) is 0 Å². The Morgan fingerprint density at radius 2 is 1.94 bits per heavy atom. The van der Waals surface area contributed by atoms with Crippen LogP contribution >= 0.6 is 11.5 Å². The molecular formula is C14H16N2S. The van der Waals surface area contributed by atoms with Crippen molar-refractivity contribution in [3.63, 3.8) is 0 Å². The molecule has 17 heavy (non-hydrogen) atoms. The molecule has 3 unspecified atom stereocenters. The zero-order valence-electron chi connectivity index (χ0n) is 9.62. The monoisotopic (exact) mass is 244 g/mol. The lowest BCUT2D eigenvalue weighted by atomic mass is 9.81. The van der Waals surface area contributed by atoms with Gasteiger partial charge in [-0.3, -0.25) is 0 Å². The fourth-order valence-electron chi connectivity index (χ4n) is 2.56. The van der Waals surface area contributed by atoms with Gasteiger partial charge in [0.05, 0.1) is 11.7 Å². The molecule has 3 heteroatoms. The minimum atomic E-state index is 0.420. The van der Waals surface area contributed by atoms with E-state index in [2.05, 4.69) is 57.6 Å². The predicted octanol–water partition coefficient (Wildman–Crippen LogP) is 3.09. The molecule has 0 radical (unpaired) electrons. The SMILES string of the molecule is C1=CC=CC2CC(c3ccsn3)NCC2C=C1. The van der Waals surface area contributed by atoms with Crippen molar-refractivity contribution in [1.29, 1.82) is 0 Å². The Bertz CT molecular complexity index is 445. The smallest absolute Gasteiger partial charge is 0.0711 e. The van der Waals surface area contributed by atoms with Gasteiger partial charge in [-0.15, -0.1) is 0 Å². The van der Waals surface area contributed by atoms with Gasteiger partial charge in [-0.05, 0) is 35.9 Å². The van der Waals surface area contributed by atoms with Crippen LogP contribution in [0.3, 0.4) is 0 Å². The molecule has 2 heterocycles. The largest absolute Gasteiger partial charge is 0.308 e. The average molecular weight is 244 g/mol. The number of nitrogens with zero attached hydrogens (tertiary/aromatic N) is 1. The van der Waals surface area contributed by atoms with E-state index in [1.807, 2.05) is 0 Å². The average Bonchev–Trinajstić information content (AvgIpc) is 2.83. The first kappa shape index (κ1) is 10.9. The van der Waals surface area contributed by atoms with Crippen LogP contribution < -0.4 is 5.32 Å². The molecule has 1 aromatic heterocycles. The summed E-state index contributed by atoms with van der Waals surface area (Å²) in [6.45, 7) is 1.04. The number of allylic oxidation sites excluding steroid dienone is 5. The maximum atomic E-state index is 4.44. The molecule has 3 atom stereocenters. The summed E-state index contributed by atoms with van der Waals surface area (Å²) >= 11 is 1.54. The van der Waals surface area contributed by atoms with Crippen molar-refractivity contribution < 1.29 is 0 Å². The first-order valence-corrected chi connectivity index (χ1v) is 6.92. The molecule has 1 aliphatic carbocycles. The molecule has 1 fully saturated rings. The van der Waals surface area contributed by atoms with Gasteiger partial charge in [0.15, 0.2) is 0 Å². The highest BCUT2D eigenvalue weighted by atomic mass is 32.1. The van der Waals surface area contributed by atoms with E-state index in [0.717, 1.165) is 13.0 Å². The Labute approximate surface area is 106 Å². The van der Waals surface area contributed by atoms with Crippen LogP contribution in [-0.4, -0.2) is 10.9 Å². The standard InChI is InChI=1S/C14H16N2S/c1-2-4-6-12-10-15-14(9-11(12)5-3-1)13-7-8-17-16-13/h1-8,11-12,14-15H,9-10H2. The Morgan fingerprint density at radius 1 is 1.12 bits per heavy atom. The van der Waals surface area contributed by atoms with E-state index in [9.17, 15) is 0 Å². The molecule has 1 N–H and O–H groups in total. The van der Waals surface area contributed by atoms with Crippen molar-refractivity contribution in [2.24, 2.45) is 11.8 Å². The van der Waals surface area contributed by atoms with Crippen LogP contribution in [0.5, 0.6) is 0 Å². The summed E-state index contributed by atoms with van der Waals surface area (Å²) in [6, 6.07) is 2.55. The number of aromatic nitrogens is 1. The Hall–Kier alpha value is -1.19. The number of hydrogen-bond acceptors (Lipinski definition) is 3. The molecule has 0 aromatic carbocycles. The van der Waals surface area contributed by atoms with Crippen LogP contribution in [0.2, 0.25) is 0 Å². The van der Waals surface area contributed by atoms with Gasteiger partial charge in [0.2, 0.25) is 0 Å². The molecule has 0 spiro atoms. The highest BCUT2D eigenvalue weighted by molar-refractivity contribution is 7.03. The number of hydrogen-bond donors (Lipinski definition) is 1. The van der Waals surface area contributed by atoms with Crippen molar-refractivity contribution in [2.75, 3.05) is 6.54 Å². The summed E-state index contributed by atoms with van der Waals surface area (Å²) in [5.74, 6) is 1.25. The third kappa shape index (κ3) is 2.40. The third-order valence-electron chi connectivity index (χ3n) is 3.52. The first-order valence-electron chi connectivity index (χ1n) is 6.09. The minimum Gasteiger partial charge on any atom is -0.308 e. The van der Waals surface area contributed by atoms with Gasteiger partial charge in [-0.25, -0.2) is 0 Å². The fraction of sp³-hybridized carbons (Fsp3) is 0.357. The quantitative estimate of drug-likeness (QED) is 0.821. The fourth-order valence-corrected chi connectivity index (χ4v) is 3.13. The van der Waals surface area contributed by atoms with Crippen LogP contribution in [0, 0.1) is 11.8 Å². The number of nitrogens with one attached hydrogen (secondary N) is 1. The topological polar surface area (TPSA) is 24.9 Å². The molecule has 1 aliphatic heterocycles. The van der Waals surface area contributed by atoms with E-state index in [1.165, 1.54) is 17.2 Å². The van der Waals surface area contributed by atoms with Gasteiger partial charge >= 0.3 is 0 Å². The molecule has 0 bridgehead atoms. The molecule has 0 amide bonds. The molecule has 0 saturated carbocycles. The number of piperidine rings is 1. The van der Waals surface area contributed by atoms with E-state index in [0.29, 0.717) is 17.9 Å². The van der Waals surface area contributed by atoms with Crippen LogP contribution in [0.1, 0.15) is 18.2 Å². The van der Waals surface area contributed by atoms with Crippen LogP contribution in [-0.2, 0) is 0 Å². The first-order chi connectivity index (χ1) is 8.43. The maximum absolute atomic E-state index is 4.44. The Kier molecular flexibility index (Phi) is 3.20. The van der Waals surface area contributed by atoms with Crippen molar-refractivity contribution in [3.05, 3.63) is 53.6 Å². The number of fused-ring (bicyclic) bond motifs is 1. The lowest BCUT2D eigenvalue weighted by Gasteiger charge is -2.33. The molecule has 2 nitrogen and oxygen atoms in total. The van der Waals surface area contributed by atoms with Crippen molar-refractivity contribution >= 4 is 11.5 Å². The predicted molar refractivity (Wildman–Crippen MR) is 71.9 cm³/mol. The second-order valence-electron chi connectivity index (χ2n) is 4.60. The lowest BCUT2D eigenvalue weighted by molar-refractivity contribution is 0.288. The van der Waals surface area contributed by atoms with Crippen molar-refractivity contribution in [3.8, 4) is 0 Å². The molecule has 88 valence electrons. The van der Waals surface area contributed by atoms with E-state index in [-0.39, 0.29) is 0 Å². The molecule has 1 aromatic rings. The summed E-state index contributed by atoms with van der Waals surface area (Å²) < 4.78 is 4.44. The molecule has 1 saturated heterocycles. The van der Waals surface area contributed by atoms with Gasteiger partial charge in [-0.2, -0.15) is 4.37 Å². The maximum Gasteiger partial charge on any atom is 0.0711 e. The van der Waals surface area contributed by atoms with Gasteiger partial charge in [0.1, 0.15) is 0 Å². The zero-order chi connectivity index (χ0) is 11.5. The molecule has 3 rings (SSSR count). The second kappa shape index (κ2) is 4.98. The zero-order valence-corrected chi connectivity index (χ0v) is 10.4. The Morgan fingerprint density at radius 3 is 2.71 bits per heavy atom. The number of rotatable bonds is 1. The van der Waals surface area contributed by atoms with Crippen molar-refractivity contribution in [2.45, 2.75) is 12.5 Å². The summed E-state index contributed by atoms with van der Waals surface area (Å²) in [5, 5.41) is 5.66. The van der Waals surface area contributed by atoms with E-state index >= 15 is 0 Å². The molecule has 2 aliphatic rings. The third-order valence-corrected chi connectivity index (χ3v) is 4.10. The minimum absolute atomic E-state index is 0.420. The highest BCUT2D eigenvalue weighted by Gasteiger charge is 2.28. The Balaban J connectivity index is 1.78. The van der Waals surface area contributed by atoms with Gasteiger partial charge in [0.25, 0.3) is 0 Å². The summed E-state index contributed by atoms with van der Waals surface area (Å²) in [5.41, 5.74) is 1.20. The van der Waals surface area contributed by atoms with Gasteiger partial charge in [0, 0.05) is 11.9 Å². The summed E-state index contributed by atoms with van der Waals surface area (Å²) in [6.07, 6.45) is 14.3. The van der Waals surface area contributed by atoms with E-state index < -0.39 is 0 Å². The van der Waals surface area contributed by atoms with Crippen LogP contribution in [0.15, 0.2) is 47.9 Å². The summed E-state index contributed by atoms with van der Waals surface area (Å²) in [4.78, 5) is 0. The van der Waals surface area contributed by atoms with Crippen LogP contribution in [0.4, 0.5) is 0 Å². The van der Waals surface area contributed by atoms with Gasteiger partial charge < -0.3 is 5.32 Å². The van der Waals surface area contributed by atoms with Gasteiger partial charge in [-0.1, -0.05) is 36.5 Å². The lowest BCUT2D eigenvalue weighted by Crippen LogP contribution is -2.37.